The van der Waals surface area contributed by atoms with Gasteiger partial charge in [-0.05, 0) is 55.8 Å². The molecule has 0 amide bonds. The van der Waals surface area contributed by atoms with Gasteiger partial charge in [0.25, 0.3) is 0 Å². The van der Waals surface area contributed by atoms with Gasteiger partial charge in [0.15, 0.2) is 11.5 Å². The van der Waals surface area contributed by atoms with Crippen molar-refractivity contribution in [2.75, 3.05) is 0 Å². The van der Waals surface area contributed by atoms with Crippen LogP contribution in [0.25, 0.3) is 28.0 Å². The Balaban J connectivity index is 1.87. The third-order valence-corrected chi connectivity index (χ3v) is 4.94. The summed E-state index contributed by atoms with van der Waals surface area (Å²) in [6, 6.07) is 11.3. The van der Waals surface area contributed by atoms with Crippen molar-refractivity contribution in [3.05, 3.63) is 83.4 Å². The summed E-state index contributed by atoms with van der Waals surface area (Å²) in [6.45, 7) is 2.96. The first-order valence-electron chi connectivity index (χ1n) is 9.09. The largest absolute Gasteiger partial charge is 0.386 e. The van der Waals surface area contributed by atoms with E-state index in [1.165, 1.54) is 60.8 Å². The summed E-state index contributed by atoms with van der Waals surface area (Å²) in [5.41, 5.74) is 0.165. The Bertz CT molecular complexity index is 1330. The Morgan fingerprint density at radius 3 is 2.40 bits per heavy atom. The Hall–Kier alpha value is -3.63. The molecule has 4 rings (SSSR count). The predicted molar refractivity (Wildman–Crippen MR) is 106 cm³/mol. The molecule has 0 aliphatic carbocycles. The van der Waals surface area contributed by atoms with Gasteiger partial charge in [0.2, 0.25) is 0 Å². The van der Waals surface area contributed by atoms with Crippen molar-refractivity contribution in [3.8, 4) is 28.5 Å². The number of imidazole rings is 1. The second kappa shape index (κ2) is 7.01. The number of hydrogen-bond acceptors (Lipinski definition) is 3. The van der Waals surface area contributed by atoms with E-state index in [1.807, 2.05) is 0 Å². The number of fused-ring (bicyclic) bond motifs is 1. The lowest BCUT2D eigenvalue weighted by Crippen LogP contribution is -2.18. The summed E-state index contributed by atoms with van der Waals surface area (Å²) in [7, 11) is 0. The lowest BCUT2D eigenvalue weighted by molar-refractivity contribution is 0.0746. The van der Waals surface area contributed by atoms with Crippen LogP contribution in [0.4, 0.5) is 13.2 Å². The van der Waals surface area contributed by atoms with Crippen LogP contribution >= 0.6 is 0 Å². The maximum absolute atomic E-state index is 14.9. The van der Waals surface area contributed by atoms with Gasteiger partial charge in [0.05, 0.1) is 23.1 Å². The molecule has 0 aliphatic rings. The average Bonchev–Trinajstić information content (AvgIpc) is 3.13. The minimum Gasteiger partial charge on any atom is -0.386 e. The number of pyridine rings is 1. The minimum atomic E-state index is -1.37. The summed E-state index contributed by atoms with van der Waals surface area (Å²) in [5, 5.41) is 19.2. The fourth-order valence-corrected chi connectivity index (χ4v) is 3.39. The second-order valence-electron chi connectivity index (χ2n) is 7.44. The molecule has 0 fully saturated rings. The first-order valence-corrected chi connectivity index (χ1v) is 9.09. The van der Waals surface area contributed by atoms with Gasteiger partial charge in [0, 0.05) is 22.9 Å². The van der Waals surface area contributed by atoms with Crippen molar-refractivity contribution >= 4 is 5.65 Å². The first-order chi connectivity index (χ1) is 14.2. The van der Waals surface area contributed by atoms with E-state index in [2.05, 4.69) is 4.98 Å². The molecule has 1 N–H and O–H groups in total. The molecule has 0 aliphatic heterocycles. The molecule has 150 valence electrons. The van der Waals surface area contributed by atoms with Crippen molar-refractivity contribution in [1.29, 1.82) is 5.26 Å². The van der Waals surface area contributed by atoms with Gasteiger partial charge in [0.1, 0.15) is 17.7 Å². The fourth-order valence-electron chi connectivity index (χ4n) is 3.39. The molecule has 0 bridgehead atoms. The van der Waals surface area contributed by atoms with Crippen molar-refractivity contribution in [1.82, 2.24) is 9.38 Å². The number of nitrogens with zero attached hydrogens (tertiary/aromatic N) is 3. The third kappa shape index (κ3) is 3.21. The van der Waals surface area contributed by atoms with Gasteiger partial charge in [-0.25, -0.2) is 18.2 Å². The smallest absolute Gasteiger partial charge is 0.174 e. The lowest BCUT2D eigenvalue weighted by atomic mass is 9.98. The van der Waals surface area contributed by atoms with Gasteiger partial charge < -0.3 is 5.11 Å². The Morgan fingerprint density at radius 2 is 1.70 bits per heavy atom. The number of hydrogen-bond donors (Lipinski definition) is 1. The fraction of sp³-hybridized carbons (Fsp3) is 0.130. The van der Waals surface area contributed by atoms with Crippen LogP contribution in [0.5, 0.6) is 0 Å². The maximum Gasteiger partial charge on any atom is 0.174 e. The van der Waals surface area contributed by atoms with E-state index in [9.17, 15) is 18.3 Å². The number of nitriles is 1. The van der Waals surface area contributed by atoms with Crippen molar-refractivity contribution in [2.45, 2.75) is 19.4 Å². The van der Waals surface area contributed by atoms with E-state index < -0.39 is 23.1 Å². The molecular formula is C23H16F3N3O. The molecule has 2 heterocycles. The zero-order chi connectivity index (χ0) is 21.6. The van der Waals surface area contributed by atoms with Crippen LogP contribution in [0.2, 0.25) is 0 Å². The molecule has 0 radical (unpaired) electrons. The number of rotatable bonds is 3. The first kappa shape index (κ1) is 19.7. The number of benzene rings is 2. The third-order valence-electron chi connectivity index (χ3n) is 4.94. The Morgan fingerprint density at radius 1 is 1.00 bits per heavy atom. The molecule has 2 aromatic heterocycles. The van der Waals surface area contributed by atoms with Crippen molar-refractivity contribution in [2.24, 2.45) is 0 Å². The zero-order valence-electron chi connectivity index (χ0n) is 16.1. The van der Waals surface area contributed by atoms with Gasteiger partial charge in [-0.1, -0.05) is 6.07 Å². The van der Waals surface area contributed by atoms with E-state index in [4.69, 9.17) is 5.26 Å². The Kier molecular flexibility index (Phi) is 4.60. The summed E-state index contributed by atoms with van der Waals surface area (Å²) in [6.07, 6.45) is 3.04. The number of aromatic nitrogens is 2. The SMILES string of the molecule is CC(C)(O)c1ccn2c(-c3ccc(F)c(-c4ccc(F)c(C#N)c4)c3)cnc2c1F. The summed E-state index contributed by atoms with van der Waals surface area (Å²) < 4.78 is 44.5. The van der Waals surface area contributed by atoms with E-state index in [1.54, 1.807) is 12.3 Å². The molecule has 30 heavy (non-hydrogen) atoms. The molecule has 0 saturated heterocycles. The summed E-state index contributed by atoms with van der Waals surface area (Å²) >= 11 is 0. The molecule has 0 saturated carbocycles. The average molecular weight is 407 g/mol. The van der Waals surface area contributed by atoms with Crippen molar-refractivity contribution < 1.29 is 18.3 Å². The van der Waals surface area contributed by atoms with Crippen LogP contribution in [0, 0.1) is 28.8 Å². The highest BCUT2D eigenvalue weighted by molar-refractivity contribution is 5.74. The molecule has 4 aromatic rings. The highest BCUT2D eigenvalue weighted by Gasteiger charge is 2.24. The quantitative estimate of drug-likeness (QED) is 0.509. The normalized spacial score (nSPS) is 11.6. The van der Waals surface area contributed by atoms with Gasteiger partial charge in [-0.3, -0.25) is 4.40 Å². The molecule has 0 atom stereocenters. The number of aliphatic hydroxyl groups is 1. The standard InChI is InChI=1S/C23H16F3N3O/c1-23(2,30)17-7-8-29-20(12-28-22(29)21(17)26)14-4-6-19(25)16(10-14)13-3-5-18(24)15(9-13)11-27/h3-10,12,30H,1-2H3. The molecule has 2 aromatic carbocycles. The van der Waals surface area contributed by atoms with Crippen LogP contribution < -0.4 is 0 Å². The predicted octanol–water partition coefficient (Wildman–Crippen LogP) is 5.18. The van der Waals surface area contributed by atoms with E-state index in [-0.39, 0.29) is 22.3 Å². The van der Waals surface area contributed by atoms with Crippen LogP contribution in [0.3, 0.4) is 0 Å². The molecule has 0 spiro atoms. The Labute approximate surface area is 170 Å². The molecule has 7 heteroatoms. The summed E-state index contributed by atoms with van der Waals surface area (Å²) in [5.74, 6) is -1.87. The maximum atomic E-state index is 14.9. The minimum absolute atomic E-state index is 0.0315. The lowest BCUT2D eigenvalue weighted by Gasteiger charge is -2.18. The van der Waals surface area contributed by atoms with Crippen LogP contribution in [-0.2, 0) is 5.60 Å². The summed E-state index contributed by atoms with van der Waals surface area (Å²) in [4.78, 5) is 4.12. The van der Waals surface area contributed by atoms with E-state index >= 15 is 0 Å². The van der Waals surface area contributed by atoms with Gasteiger partial charge in [-0.2, -0.15) is 5.26 Å². The molecule has 4 nitrogen and oxygen atoms in total. The second-order valence-corrected chi connectivity index (χ2v) is 7.44. The molecule has 0 unspecified atom stereocenters. The highest BCUT2D eigenvalue weighted by atomic mass is 19.1. The topological polar surface area (TPSA) is 61.3 Å². The van der Waals surface area contributed by atoms with E-state index in [0.717, 1.165) is 6.07 Å². The van der Waals surface area contributed by atoms with Gasteiger partial charge >= 0.3 is 0 Å². The monoisotopic (exact) mass is 407 g/mol. The van der Waals surface area contributed by atoms with Crippen LogP contribution in [0.15, 0.2) is 54.9 Å². The highest BCUT2D eigenvalue weighted by Crippen LogP contribution is 2.32. The molecular weight excluding hydrogens is 391 g/mol. The van der Waals surface area contributed by atoms with Crippen LogP contribution in [-0.4, -0.2) is 14.5 Å². The van der Waals surface area contributed by atoms with Gasteiger partial charge in [-0.15, -0.1) is 0 Å². The van der Waals surface area contributed by atoms with Crippen molar-refractivity contribution in [3.63, 3.8) is 0 Å². The van der Waals surface area contributed by atoms with E-state index in [0.29, 0.717) is 16.8 Å². The van der Waals surface area contributed by atoms with Crippen LogP contribution in [0.1, 0.15) is 25.0 Å². The number of halogens is 3. The zero-order valence-corrected chi connectivity index (χ0v) is 16.1.